The molecule has 0 bridgehead atoms. The van der Waals surface area contributed by atoms with Crippen LogP contribution in [0.3, 0.4) is 0 Å². The van der Waals surface area contributed by atoms with Gasteiger partial charge in [-0.25, -0.2) is 0 Å². The van der Waals surface area contributed by atoms with Gasteiger partial charge in [0.25, 0.3) is 0 Å². The summed E-state index contributed by atoms with van der Waals surface area (Å²) in [6.45, 7) is 0.682. The maximum atomic E-state index is 8.75. The van der Waals surface area contributed by atoms with Gasteiger partial charge in [0.05, 0.1) is 18.2 Å². The second-order valence-electron chi connectivity index (χ2n) is 3.15. The SMILES string of the molecule is N#Cc1cccc(Cn2ccc(Br)n2)c1. The molecule has 4 heteroatoms. The van der Waals surface area contributed by atoms with E-state index >= 15 is 0 Å². The Labute approximate surface area is 96.1 Å². The van der Waals surface area contributed by atoms with Crippen LogP contribution in [0.25, 0.3) is 0 Å². The molecule has 1 aromatic carbocycles. The van der Waals surface area contributed by atoms with Crippen LogP contribution in [0.5, 0.6) is 0 Å². The molecule has 0 fully saturated rings. The smallest absolute Gasteiger partial charge is 0.128 e. The van der Waals surface area contributed by atoms with Crippen LogP contribution in [0.1, 0.15) is 11.1 Å². The minimum atomic E-state index is 0.679. The van der Waals surface area contributed by atoms with Crippen molar-refractivity contribution >= 4 is 15.9 Å². The van der Waals surface area contributed by atoms with Crippen LogP contribution in [-0.4, -0.2) is 9.78 Å². The maximum absolute atomic E-state index is 8.75. The van der Waals surface area contributed by atoms with Crippen molar-refractivity contribution < 1.29 is 0 Å². The van der Waals surface area contributed by atoms with Gasteiger partial charge in [0.15, 0.2) is 0 Å². The molecule has 1 aromatic heterocycles. The number of rotatable bonds is 2. The normalized spacial score (nSPS) is 9.87. The van der Waals surface area contributed by atoms with Gasteiger partial charge >= 0.3 is 0 Å². The number of halogens is 1. The third kappa shape index (κ3) is 2.45. The van der Waals surface area contributed by atoms with Crippen LogP contribution in [0, 0.1) is 11.3 Å². The molecule has 0 radical (unpaired) electrons. The highest BCUT2D eigenvalue weighted by Crippen LogP contribution is 2.08. The van der Waals surface area contributed by atoms with Crippen LogP contribution < -0.4 is 0 Å². The van der Waals surface area contributed by atoms with Crippen LogP contribution in [0.15, 0.2) is 41.1 Å². The lowest BCUT2D eigenvalue weighted by Crippen LogP contribution is -2.00. The van der Waals surface area contributed by atoms with E-state index in [-0.39, 0.29) is 0 Å². The van der Waals surface area contributed by atoms with E-state index in [0.29, 0.717) is 12.1 Å². The van der Waals surface area contributed by atoms with Crippen molar-refractivity contribution in [1.82, 2.24) is 9.78 Å². The lowest BCUT2D eigenvalue weighted by Gasteiger charge is -2.01. The van der Waals surface area contributed by atoms with E-state index in [9.17, 15) is 0 Å². The minimum Gasteiger partial charge on any atom is -0.267 e. The molecule has 2 aromatic rings. The molecule has 0 N–H and O–H groups in total. The number of hydrogen-bond acceptors (Lipinski definition) is 2. The Kier molecular flexibility index (Phi) is 2.84. The fraction of sp³-hybridized carbons (Fsp3) is 0.0909. The summed E-state index contributed by atoms with van der Waals surface area (Å²) in [6, 6.07) is 11.5. The quantitative estimate of drug-likeness (QED) is 0.834. The van der Waals surface area contributed by atoms with Gasteiger partial charge in [0.1, 0.15) is 4.60 Å². The molecule has 1 heterocycles. The zero-order chi connectivity index (χ0) is 10.7. The average Bonchev–Trinajstić information content (AvgIpc) is 2.64. The number of hydrogen-bond donors (Lipinski definition) is 0. The molecule has 0 amide bonds. The van der Waals surface area contributed by atoms with Gasteiger partial charge in [-0.15, -0.1) is 0 Å². The third-order valence-corrected chi connectivity index (χ3v) is 2.43. The minimum absolute atomic E-state index is 0.679. The summed E-state index contributed by atoms with van der Waals surface area (Å²) < 4.78 is 2.64. The fourth-order valence-corrected chi connectivity index (χ4v) is 1.67. The Morgan fingerprint density at radius 2 is 2.27 bits per heavy atom. The molecular weight excluding hydrogens is 254 g/mol. The number of nitrogens with zero attached hydrogens (tertiary/aromatic N) is 3. The monoisotopic (exact) mass is 261 g/mol. The van der Waals surface area contributed by atoms with Gasteiger partial charge in [0.2, 0.25) is 0 Å². The highest BCUT2D eigenvalue weighted by atomic mass is 79.9. The van der Waals surface area contributed by atoms with Gasteiger partial charge in [0, 0.05) is 6.20 Å². The van der Waals surface area contributed by atoms with Gasteiger partial charge in [-0.2, -0.15) is 10.4 Å². The highest BCUT2D eigenvalue weighted by molar-refractivity contribution is 9.10. The first-order chi connectivity index (χ1) is 7.28. The standard InChI is InChI=1S/C11H8BrN3/c12-11-4-5-15(14-11)8-10-3-1-2-9(6-10)7-13/h1-6H,8H2. The van der Waals surface area contributed by atoms with Gasteiger partial charge < -0.3 is 0 Å². The Bertz CT molecular complexity index is 511. The number of aromatic nitrogens is 2. The summed E-state index contributed by atoms with van der Waals surface area (Å²) in [5.74, 6) is 0. The second kappa shape index (κ2) is 4.28. The van der Waals surface area contributed by atoms with Crippen LogP contribution in [0.4, 0.5) is 0 Å². The van der Waals surface area contributed by atoms with Crippen LogP contribution in [-0.2, 0) is 6.54 Å². The van der Waals surface area contributed by atoms with Gasteiger partial charge in [-0.1, -0.05) is 12.1 Å². The van der Waals surface area contributed by atoms with Crippen molar-refractivity contribution in [3.05, 3.63) is 52.3 Å². The Morgan fingerprint density at radius 3 is 2.93 bits per heavy atom. The van der Waals surface area contributed by atoms with E-state index < -0.39 is 0 Å². The third-order valence-electron chi connectivity index (χ3n) is 2.01. The molecule has 0 aliphatic heterocycles. The summed E-state index contributed by atoms with van der Waals surface area (Å²) in [7, 11) is 0. The van der Waals surface area contributed by atoms with Gasteiger partial charge in [-0.05, 0) is 39.7 Å². The molecule has 0 spiro atoms. The fourth-order valence-electron chi connectivity index (χ4n) is 1.35. The zero-order valence-corrected chi connectivity index (χ0v) is 9.48. The van der Waals surface area contributed by atoms with E-state index in [2.05, 4.69) is 27.1 Å². The molecule has 0 unspecified atom stereocenters. The predicted octanol–water partition coefficient (Wildman–Crippen LogP) is 2.57. The highest BCUT2D eigenvalue weighted by Gasteiger charge is 1.98. The summed E-state index contributed by atoms with van der Waals surface area (Å²) in [5.41, 5.74) is 1.75. The molecule has 74 valence electrons. The predicted molar refractivity (Wildman–Crippen MR) is 60.2 cm³/mol. The molecule has 0 aliphatic carbocycles. The summed E-state index contributed by atoms with van der Waals surface area (Å²) in [5, 5.41) is 13.0. The van der Waals surface area contributed by atoms with Crippen molar-refractivity contribution in [2.45, 2.75) is 6.54 Å². The summed E-state index contributed by atoms with van der Waals surface area (Å²) in [4.78, 5) is 0. The van der Waals surface area contributed by atoms with E-state index in [1.54, 1.807) is 6.07 Å². The van der Waals surface area contributed by atoms with E-state index in [0.717, 1.165) is 10.2 Å². The van der Waals surface area contributed by atoms with Crippen molar-refractivity contribution in [2.75, 3.05) is 0 Å². The topological polar surface area (TPSA) is 41.6 Å². The lowest BCUT2D eigenvalue weighted by molar-refractivity contribution is 0.682. The molecule has 0 aliphatic rings. The molecule has 2 rings (SSSR count). The Morgan fingerprint density at radius 1 is 1.40 bits per heavy atom. The second-order valence-corrected chi connectivity index (χ2v) is 3.96. The molecule has 0 saturated heterocycles. The van der Waals surface area contributed by atoms with Crippen molar-refractivity contribution in [1.29, 1.82) is 5.26 Å². The van der Waals surface area contributed by atoms with E-state index in [1.807, 2.05) is 35.1 Å². The van der Waals surface area contributed by atoms with Crippen molar-refractivity contribution in [3.8, 4) is 6.07 Å². The van der Waals surface area contributed by atoms with E-state index in [4.69, 9.17) is 5.26 Å². The molecule has 0 atom stereocenters. The van der Waals surface area contributed by atoms with Crippen LogP contribution in [0.2, 0.25) is 0 Å². The first-order valence-corrected chi connectivity index (χ1v) is 5.25. The average molecular weight is 262 g/mol. The number of nitriles is 1. The summed E-state index contributed by atoms with van der Waals surface area (Å²) in [6.07, 6.45) is 1.89. The van der Waals surface area contributed by atoms with Crippen molar-refractivity contribution in [3.63, 3.8) is 0 Å². The molecule has 15 heavy (non-hydrogen) atoms. The lowest BCUT2D eigenvalue weighted by atomic mass is 10.1. The first-order valence-electron chi connectivity index (χ1n) is 4.46. The Balaban J connectivity index is 2.21. The molecular formula is C11H8BrN3. The Hall–Kier alpha value is -1.60. The molecule has 3 nitrogen and oxygen atoms in total. The molecule has 0 saturated carbocycles. The zero-order valence-electron chi connectivity index (χ0n) is 7.89. The first kappa shape index (κ1) is 9.94. The summed E-state index contributed by atoms with van der Waals surface area (Å²) >= 11 is 3.29. The number of benzene rings is 1. The van der Waals surface area contributed by atoms with Gasteiger partial charge in [-0.3, -0.25) is 4.68 Å². The van der Waals surface area contributed by atoms with Crippen LogP contribution >= 0.6 is 15.9 Å². The largest absolute Gasteiger partial charge is 0.267 e. The van der Waals surface area contributed by atoms with Crippen molar-refractivity contribution in [2.24, 2.45) is 0 Å². The maximum Gasteiger partial charge on any atom is 0.128 e. The van der Waals surface area contributed by atoms with E-state index in [1.165, 1.54) is 0 Å².